The van der Waals surface area contributed by atoms with Crippen molar-refractivity contribution >= 4 is 17.4 Å². The van der Waals surface area contributed by atoms with Gasteiger partial charge in [-0.15, -0.1) is 0 Å². The van der Waals surface area contributed by atoms with E-state index in [2.05, 4.69) is 50.7 Å². The summed E-state index contributed by atoms with van der Waals surface area (Å²) < 4.78 is 1.54. The van der Waals surface area contributed by atoms with Crippen LogP contribution in [0.5, 0.6) is 0 Å². The zero-order chi connectivity index (χ0) is 15.6. The Morgan fingerprint density at radius 3 is 2.91 bits per heavy atom. The molecule has 0 bridgehead atoms. The summed E-state index contributed by atoms with van der Waals surface area (Å²) in [5.74, 6) is 2.46. The second-order valence-corrected chi connectivity index (χ2v) is 6.15. The predicted octanol–water partition coefficient (Wildman–Crippen LogP) is 2.84. The van der Waals surface area contributed by atoms with Gasteiger partial charge in [-0.25, -0.2) is 0 Å². The van der Waals surface area contributed by atoms with Crippen molar-refractivity contribution in [1.82, 2.24) is 19.6 Å². The Balaban J connectivity index is 1.51. The van der Waals surface area contributed by atoms with Crippen LogP contribution < -0.4 is 11.1 Å². The van der Waals surface area contributed by atoms with E-state index in [0.29, 0.717) is 23.6 Å². The number of nitrogens with one attached hydrogen (secondary N) is 1. The molecule has 0 amide bonds. The van der Waals surface area contributed by atoms with E-state index in [1.807, 2.05) is 6.07 Å². The molecule has 2 aromatic heterocycles. The van der Waals surface area contributed by atoms with Crippen LogP contribution >= 0.6 is 0 Å². The number of hydrogen-bond donors (Lipinski definition) is 2. The molecule has 0 spiro atoms. The lowest BCUT2D eigenvalue weighted by Crippen LogP contribution is -2.27. The quantitative estimate of drug-likeness (QED) is 0.777. The van der Waals surface area contributed by atoms with Gasteiger partial charge in [-0.3, -0.25) is 0 Å². The van der Waals surface area contributed by atoms with E-state index in [4.69, 9.17) is 5.73 Å². The van der Waals surface area contributed by atoms with Gasteiger partial charge in [-0.1, -0.05) is 36.8 Å². The van der Waals surface area contributed by atoms with Crippen LogP contribution in [0.2, 0.25) is 0 Å². The van der Waals surface area contributed by atoms with Crippen molar-refractivity contribution in [3.8, 4) is 0 Å². The summed E-state index contributed by atoms with van der Waals surface area (Å²) in [6, 6.07) is 13.0. The van der Waals surface area contributed by atoms with Crippen LogP contribution in [0.25, 0.3) is 5.78 Å². The van der Waals surface area contributed by atoms with Crippen molar-refractivity contribution in [2.75, 3.05) is 11.1 Å². The third kappa shape index (κ3) is 2.84. The summed E-state index contributed by atoms with van der Waals surface area (Å²) >= 11 is 0. The van der Waals surface area contributed by atoms with Gasteiger partial charge in [0, 0.05) is 12.1 Å². The summed E-state index contributed by atoms with van der Waals surface area (Å²) in [5.41, 5.74) is 7.44. The molecule has 1 aromatic carbocycles. The van der Waals surface area contributed by atoms with Gasteiger partial charge >= 0.3 is 0 Å². The van der Waals surface area contributed by atoms with Crippen LogP contribution in [0.3, 0.4) is 0 Å². The first-order valence-electron chi connectivity index (χ1n) is 8.07. The van der Waals surface area contributed by atoms with Gasteiger partial charge in [0.15, 0.2) is 0 Å². The van der Waals surface area contributed by atoms with Gasteiger partial charge in [0.05, 0.1) is 0 Å². The molecule has 118 valence electrons. The molecule has 23 heavy (non-hydrogen) atoms. The molecule has 0 radical (unpaired) electrons. The fourth-order valence-corrected chi connectivity index (χ4v) is 3.47. The van der Waals surface area contributed by atoms with Crippen LogP contribution in [-0.4, -0.2) is 25.6 Å². The van der Waals surface area contributed by atoms with Crippen molar-refractivity contribution < 1.29 is 0 Å². The molecule has 2 unspecified atom stereocenters. The maximum atomic E-state index is 6.01. The molecule has 6 nitrogen and oxygen atoms in total. The monoisotopic (exact) mass is 308 g/mol. The van der Waals surface area contributed by atoms with Crippen LogP contribution in [0, 0.1) is 0 Å². The van der Waals surface area contributed by atoms with Gasteiger partial charge in [0.2, 0.25) is 0 Å². The van der Waals surface area contributed by atoms with Crippen molar-refractivity contribution in [3.63, 3.8) is 0 Å². The molecule has 2 atom stereocenters. The summed E-state index contributed by atoms with van der Waals surface area (Å²) in [6.45, 7) is 0. The normalized spacial score (nSPS) is 21.4. The lowest BCUT2D eigenvalue weighted by molar-refractivity contribution is 0.410. The number of benzene rings is 1. The van der Waals surface area contributed by atoms with Gasteiger partial charge < -0.3 is 11.1 Å². The second kappa shape index (κ2) is 5.87. The van der Waals surface area contributed by atoms with Crippen molar-refractivity contribution in [2.45, 2.75) is 37.6 Å². The Labute approximate surface area is 134 Å². The van der Waals surface area contributed by atoms with Gasteiger partial charge in [0.25, 0.3) is 5.78 Å². The first-order chi connectivity index (χ1) is 11.3. The molecule has 0 aliphatic heterocycles. The van der Waals surface area contributed by atoms with Crippen LogP contribution in [-0.2, 0) is 0 Å². The summed E-state index contributed by atoms with van der Waals surface area (Å²) in [6.07, 6.45) is 6.21. The number of nitrogen functional groups attached to an aromatic ring is 1. The van der Waals surface area contributed by atoms with Gasteiger partial charge in [-0.2, -0.15) is 19.6 Å². The van der Waals surface area contributed by atoms with E-state index in [1.54, 1.807) is 4.52 Å². The lowest BCUT2D eigenvalue weighted by atomic mass is 9.81. The predicted molar refractivity (Wildman–Crippen MR) is 90.3 cm³/mol. The zero-order valence-corrected chi connectivity index (χ0v) is 12.9. The fraction of sp³-hybridized carbons (Fsp3) is 0.353. The fourth-order valence-electron chi connectivity index (χ4n) is 3.47. The van der Waals surface area contributed by atoms with Crippen molar-refractivity contribution in [3.05, 3.63) is 48.3 Å². The molecule has 1 aliphatic rings. The molecular weight excluding hydrogens is 288 g/mol. The Morgan fingerprint density at radius 1 is 1.17 bits per heavy atom. The highest BCUT2D eigenvalue weighted by Crippen LogP contribution is 2.34. The summed E-state index contributed by atoms with van der Waals surface area (Å²) in [5, 5.41) is 7.58. The third-order valence-electron chi connectivity index (χ3n) is 4.58. The summed E-state index contributed by atoms with van der Waals surface area (Å²) in [7, 11) is 0. The van der Waals surface area contributed by atoms with E-state index >= 15 is 0 Å². The molecule has 1 aliphatic carbocycles. The Morgan fingerprint density at radius 2 is 2.04 bits per heavy atom. The Bertz CT molecular complexity index is 797. The highest BCUT2D eigenvalue weighted by molar-refractivity contribution is 5.52. The number of hydrogen-bond acceptors (Lipinski definition) is 5. The summed E-state index contributed by atoms with van der Waals surface area (Å²) in [4.78, 5) is 8.60. The standard InChI is InChI=1S/C17H20N6/c18-15-10-16(22-17-19-11-20-23(15)17)21-14-8-4-7-13(9-14)12-5-2-1-3-6-12/h1-3,5-6,10-11,13-14H,4,7-9,18H2,(H,19,20,21,22). The topological polar surface area (TPSA) is 81.1 Å². The molecule has 3 aromatic rings. The van der Waals surface area contributed by atoms with Gasteiger partial charge in [-0.05, 0) is 30.7 Å². The van der Waals surface area contributed by atoms with Crippen molar-refractivity contribution in [2.24, 2.45) is 0 Å². The highest BCUT2D eigenvalue weighted by atomic mass is 15.3. The average Bonchev–Trinajstić information content (AvgIpc) is 3.05. The van der Waals surface area contributed by atoms with Crippen LogP contribution in [0.4, 0.5) is 11.6 Å². The van der Waals surface area contributed by atoms with E-state index in [1.165, 1.54) is 24.7 Å². The third-order valence-corrected chi connectivity index (χ3v) is 4.58. The first-order valence-corrected chi connectivity index (χ1v) is 8.07. The maximum Gasteiger partial charge on any atom is 0.256 e. The minimum Gasteiger partial charge on any atom is -0.383 e. The number of fused-ring (bicyclic) bond motifs is 1. The lowest BCUT2D eigenvalue weighted by Gasteiger charge is -2.30. The smallest absolute Gasteiger partial charge is 0.256 e. The molecule has 6 heteroatoms. The van der Waals surface area contributed by atoms with E-state index in [9.17, 15) is 0 Å². The van der Waals surface area contributed by atoms with E-state index < -0.39 is 0 Å². The Kier molecular flexibility index (Phi) is 3.57. The zero-order valence-electron chi connectivity index (χ0n) is 12.9. The first kappa shape index (κ1) is 14.0. The Hall–Kier alpha value is -2.63. The average molecular weight is 308 g/mol. The van der Waals surface area contributed by atoms with Crippen LogP contribution in [0.1, 0.15) is 37.2 Å². The van der Waals surface area contributed by atoms with E-state index in [-0.39, 0.29) is 0 Å². The molecule has 4 rings (SSSR count). The largest absolute Gasteiger partial charge is 0.383 e. The van der Waals surface area contributed by atoms with Crippen molar-refractivity contribution in [1.29, 1.82) is 0 Å². The number of nitrogens with zero attached hydrogens (tertiary/aromatic N) is 4. The maximum absolute atomic E-state index is 6.01. The number of rotatable bonds is 3. The molecule has 2 heterocycles. The second-order valence-electron chi connectivity index (χ2n) is 6.15. The minimum absolute atomic E-state index is 0.409. The SMILES string of the molecule is Nc1cc(NC2CCCC(c3ccccc3)C2)nc2ncnn12. The molecule has 1 saturated carbocycles. The molecule has 0 saturated heterocycles. The minimum atomic E-state index is 0.409. The number of anilines is 2. The van der Waals surface area contributed by atoms with Crippen LogP contribution in [0.15, 0.2) is 42.7 Å². The molecule has 3 N–H and O–H groups in total. The highest BCUT2D eigenvalue weighted by Gasteiger charge is 2.23. The molecule has 1 fully saturated rings. The number of aromatic nitrogens is 4. The van der Waals surface area contributed by atoms with Gasteiger partial charge in [0.1, 0.15) is 18.0 Å². The molecular formula is C17H20N6. The number of nitrogens with two attached hydrogens (primary N) is 1. The van der Waals surface area contributed by atoms with E-state index in [0.717, 1.165) is 18.7 Å².